The summed E-state index contributed by atoms with van der Waals surface area (Å²) in [5.74, 6) is 1.57. The minimum atomic E-state index is 0.460. The largest absolute Gasteiger partial charge is 0.493 e. The molecule has 2 N–H and O–H groups in total. The fraction of sp³-hybridized carbons (Fsp3) is 0.647. The molecule has 0 saturated heterocycles. The molecule has 0 unspecified atom stereocenters. The SMILES string of the molecule is COc1cc(Br)c(CCC2(CCN)CCCC2)cc1OC. The van der Waals surface area contributed by atoms with Crippen molar-refractivity contribution < 1.29 is 9.47 Å². The molecule has 0 aromatic heterocycles. The van der Waals surface area contributed by atoms with Crippen molar-refractivity contribution in [3.63, 3.8) is 0 Å². The highest BCUT2D eigenvalue weighted by Crippen LogP contribution is 2.45. The number of benzene rings is 1. The van der Waals surface area contributed by atoms with Crippen molar-refractivity contribution in [1.29, 1.82) is 0 Å². The van der Waals surface area contributed by atoms with Gasteiger partial charge in [0, 0.05) is 4.47 Å². The molecule has 21 heavy (non-hydrogen) atoms. The Morgan fingerprint density at radius 3 is 2.29 bits per heavy atom. The molecule has 0 spiro atoms. The molecule has 1 aliphatic rings. The quantitative estimate of drug-likeness (QED) is 0.792. The minimum Gasteiger partial charge on any atom is -0.493 e. The second-order valence-corrected chi connectivity index (χ2v) is 6.90. The summed E-state index contributed by atoms with van der Waals surface area (Å²) in [4.78, 5) is 0. The van der Waals surface area contributed by atoms with Gasteiger partial charge in [0.25, 0.3) is 0 Å². The monoisotopic (exact) mass is 355 g/mol. The van der Waals surface area contributed by atoms with Crippen LogP contribution in [-0.4, -0.2) is 20.8 Å². The van der Waals surface area contributed by atoms with Crippen molar-refractivity contribution in [3.05, 3.63) is 22.2 Å². The van der Waals surface area contributed by atoms with E-state index < -0.39 is 0 Å². The maximum absolute atomic E-state index is 5.83. The van der Waals surface area contributed by atoms with E-state index in [1.165, 1.54) is 37.7 Å². The van der Waals surface area contributed by atoms with Crippen LogP contribution in [0.4, 0.5) is 0 Å². The van der Waals surface area contributed by atoms with Gasteiger partial charge in [0.15, 0.2) is 11.5 Å². The molecule has 0 bridgehead atoms. The molecule has 0 aliphatic heterocycles. The highest BCUT2D eigenvalue weighted by Gasteiger charge is 2.32. The Hall–Kier alpha value is -0.740. The molecule has 3 nitrogen and oxygen atoms in total. The summed E-state index contributed by atoms with van der Waals surface area (Å²) in [5, 5.41) is 0. The molecule has 0 heterocycles. The molecule has 0 atom stereocenters. The average molecular weight is 356 g/mol. The Labute approximate surface area is 136 Å². The molecule has 0 radical (unpaired) electrons. The van der Waals surface area contributed by atoms with Gasteiger partial charge < -0.3 is 15.2 Å². The zero-order valence-electron chi connectivity index (χ0n) is 13.1. The molecular formula is C17H26BrNO2. The number of ether oxygens (including phenoxy) is 2. The predicted octanol–water partition coefficient (Wildman–Crippen LogP) is 4.31. The van der Waals surface area contributed by atoms with Crippen LogP contribution >= 0.6 is 15.9 Å². The van der Waals surface area contributed by atoms with E-state index in [1.807, 2.05) is 6.07 Å². The van der Waals surface area contributed by atoms with Crippen LogP contribution in [0.1, 0.15) is 44.1 Å². The Morgan fingerprint density at radius 1 is 1.10 bits per heavy atom. The fourth-order valence-electron chi connectivity index (χ4n) is 3.54. The summed E-state index contributed by atoms with van der Waals surface area (Å²) >= 11 is 3.66. The molecule has 118 valence electrons. The van der Waals surface area contributed by atoms with E-state index in [4.69, 9.17) is 15.2 Å². The van der Waals surface area contributed by atoms with E-state index in [-0.39, 0.29) is 0 Å². The maximum atomic E-state index is 5.83. The fourth-order valence-corrected chi connectivity index (χ4v) is 4.06. The molecule has 1 aliphatic carbocycles. The van der Waals surface area contributed by atoms with Crippen LogP contribution in [0.2, 0.25) is 0 Å². The molecule has 1 saturated carbocycles. The third-order valence-electron chi connectivity index (χ3n) is 4.82. The third kappa shape index (κ3) is 3.92. The van der Waals surface area contributed by atoms with Crippen LogP contribution in [0.5, 0.6) is 11.5 Å². The number of aryl methyl sites for hydroxylation is 1. The Kier molecular flexibility index (Phi) is 5.94. The van der Waals surface area contributed by atoms with Gasteiger partial charge in [-0.05, 0) is 61.8 Å². The third-order valence-corrected chi connectivity index (χ3v) is 5.55. The number of hydrogen-bond acceptors (Lipinski definition) is 3. The molecule has 1 aromatic carbocycles. The van der Waals surface area contributed by atoms with Crippen molar-refractivity contribution in [1.82, 2.24) is 0 Å². The standard InChI is InChI=1S/C17H26BrNO2/c1-20-15-11-13(14(18)12-16(15)21-2)5-8-17(9-10-19)6-3-4-7-17/h11-12H,3-10,19H2,1-2H3. The van der Waals surface area contributed by atoms with Gasteiger partial charge in [-0.2, -0.15) is 0 Å². The molecule has 1 fully saturated rings. The van der Waals surface area contributed by atoms with Gasteiger partial charge in [-0.1, -0.05) is 28.8 Å². The number of rotatable bonds is 7. The van der Waals surface area contributed by atoms with Gasteiger partial charge in [-0.3, -0.25) is 0 Å². The van der Waals surface area contributed by atoms with E-state index in [2.05, 4.69) is 22.0 Å². The molecule has 0 amide bonds. The number of methoxy groups -OCH3 is 2. The second-order valence-electron chi connectivity index (χ2n) is 6.04. The lowest BCUT2D eigenvalue weighted by Gasteiger charge is -2.29. The first kappa shape index (κ1) is 16.6. The Morgan fingerprint density at radius 2 is 1.71 bits per heavy atom. The summed E-state index contributed by atoms with van der Waals surface area (Å²) < 4.78 is 11.8. The zero-order chi connectivity index (χ0) is 15.3. The Balaban J connectivity index is 2.12. The zero-order valence-corrected chi connectivity index (χ0v) is 14.7. The van der Waals surface area contributed by atoms with Gasteiger partial charge in [0.2, 0.25) is 0 Å². The van der Waals surface area contributed by atoms with Crippen LogP contribution < -0.4 is 15.2 Å². The summed E-state index contributed by atoms with van der Waals surface area (Å²) in [6, 6.07) is 4.09. The smallest absolute Gasteiger partial charge is 0.161 e. The van der Waals surface area contributed by atoms with Gasteiger partial charge >= 0.3 is 0 Å². The van der Waals surface area contributed by atoms with Crippen molar-refractivity contribution in [2.24, 2.45) is 11.1 Å². The van der Waals surface area contributed by atoms with Crippen LogP contribution in [0.15, 0.2) is 16.6 Å². The summed E-state index contributed by atoms with van der Waals surface area (Å²) in [7, 11) is 3.35. The first-order valence-electron chi connectivity index (χ1n) is 7.74. The lowest BCUT2D eigenvalue weighted by molar-refractivity contribution is 0.253. The normalized spacial score (nSPS) is 17.0. The van der Waals surface area contributed by atoms with Gasteiger partial charge in [-0.15, -0.1) is 0 Å². The van der Waals surface area contributed by atoms with E-state index in [0.29, 0.717) is 5.41 Å². The van der Waals surface area contributed by atoms with E-state index in [9.17, 15) is 0 Å². The highest BCUT2D eigenvalue weighted by atomic mass is 79.9. The summed E-state index contributed by atoms with van der Waals surface area (Å²) in [5.41, 5.74) is 7.58. The number of hydrogen-bond donors (Lipinski definition) is 1. The van der Waals surface area contributed by atoms with Crippen LogP contribution in [0.3, 0.4) is 0 Å². The number of halogens is 1. The van der Waals surface area contributed by atoms with Crippen molar-refractivity contribution in [2.45, 2.75) is 44.9 Å². The van der Waals surface area contributed by atoms with Crippen molar-refractivity contribution in [3.8, 4) is 11.5 Å². The second kappa shape index (κ2) is 7.50. The first-order valence-corrected chi connectivity index (χ1v) is 8.54. The summed E-state index contributed by atoms with van der Waals surface area (Å²) in [6.45, 7) is 0.799. The van der Waals surface area contributed by atoms with E-state index in [0.717, 1.165) is 35.4 Å². The molecular weight excluding hydrogens is 330 g/mol. The lowest BCUT2D eigenvalue weighted by atomic mass is 9.77. The van der Waals surface area contributed by atoms with Crippen LogP contribution in [0.25, 0.3) is 0 Å². The average Bonchev–Trinajstić information content (AvgIpc) is 2.95. The predicted molar refractivity (Wildman–Crippen MR) is 90.1 cm³/mol. The Bertz CT molecular complexity index is 470. The highest BCUT2D eigenvalue weighted by molar-refractivity contribution is 9.10. The molecule has 4 heteroatoms. The first-order chi connectivity index (χ1) is 10.1. The topological polar surface area (TPSA) is 44.5 Å². The van der Waals surface area contributed by atoms with E-state index in [1.54, 1.807) is 14.2 Å². The molecule has 2 rings (SSSR count). The lowest BCUT2D eigenvalue weighted by Crippen LogP contribution is -2.21. The van der Waals surface area contributed by atoms with Crippen LogP contribution in [-0.2, 0) is 6.42 Å². The van der Waals surface area contributed by atoms with Crippen molar-refractivity contribution in [2.75, 3.05) is 20.8 Å². The van der Waals surface area contributed by atoms with Gasteiger partial charge in [0.1, 0.15) is 0 Å². The van der Waals surface area contributed by atoms with Gasteiger partial charge in [-0.25, -0.2) is 0 Å². The summed E-state index contributed by atoms with van der Waals surface area (Å²) in [6.07, 6.45) is 8.78. The number of nitrogens with two attached hydrogens (primary N) is 1. The van der Waals surface area contributed by atoms with Crippen LogP contribution in [0, 0.1) is 5.41 Å². The molecule has 1 aromatic rings. The maximum Gasteiger partial charge on any atom is 0.161 e. The van der Waals surface area contributed by atoms with Gasteiger partial charge in [0.05, 0.1) is 14.2 Å². The minimum absolute atomic E-state index is 0.460. The van der Waals surface area contributed by atoms with E-state index >= 15 is 0 Å². The van der Waals surface area contributed by atoms with Crippen molar-refractivity contribution >= 4 is 15.9 Å².